The number of rotatable bonds is 13. The normalized spacial score (nSPS) is 21.2. The van der Waals surface area contributed by atoms with Crippen LogP contribution >= 0.6 is 0 Å². The van der Waals surface area contributed by atoms with Crippen molar-refractivity contribution >= 4 is 8.32 Å². The summed E-state index contributed by atoms with van der Waals surface area (Å²) in [7, 11) is -2.05. The summed E-state index contributed by atoms with van der Waals surface area (Å²) < 4.78 is 24.4. The molecule has 0 aromatic carbocycles. The average molecular weight is 480 g/mol. The molecule has 9 nitrogen and oxygen atoms in total. The van der Waals surface area contributed by atoms with Gasteiger partial charge in [-0.25, -0.2) is 4.98 Å². The fourth-order valence-electron chi connectivity index (χ4n) is 3.54. The number of hydrogen-bond donors (Lipinski definition) is 0. The predicted octanol–water partition coefficient (Wildman–Crippen LogP) is 6.18. The number of azide groups is 1. The van der Waals surface area contributed by atoms with E-state index in [-0.39, 0.29) is 23.3 Å². The van der Waals surface area contributed by atoms with E-state index < -0.39 is 14.5 Å². The molecule has 186 valence electrons. The van der Waals surface area contributed by atoms with Crippen molar-refractivity contribution in [3.8, 4) is 11.9 Å². The van der Waals surface area contributed by atoms with Crippen LogP contribution in [0.5, 0.6) is 11.9 Å². The van der Waals surface area contributed by atoms with E-state index in [2.05, 4.69) is 67.7 Å². The number of nitrogens with zero attached hydrogens (tertiary/aromatic N) is 5. The largest absolute Gasteiger partial charge is 0.477 e. The van der Waals surface area contributed by atoms with Crippen LogP contribution < -0.4 is 9.47 Å². The van der Waals surface area contributed by atoms with Gasteiger partial charge in [0.25, 0.3) is 0 Å². The van der Waals surface area contributed by atoms with Crippen molar-refractivity contribution in [1.82, 2.24) is 9.97 Å². The molecule has 1 aliphatic rings. The summed E-state index contributed by atoms with van der Waals surface area (Å²) >= 11 is 0. The predicted molar refractivity (Wildman–Crippen MR) is 131 cm³/mol. The molecule has 0 unspecified atom stereocenters. The summed E-state index contributed by atoms with van der Waals surface area (Å²) in [5.74, 6) is 1.02. The second kappa shape index (κ2) is 12.0. The Morgan fingerprint density at radius 2 is 2.06 bits per heavy atom. The molecule has 0 amide bonds. The molecule has 0 aliphatic carbocycles. The van der Waals surface area contributed by atoms with E-state index in [9.17, 15) is 0 Å². The minimum absolute atomic E-state index is 0.0796. The summed E-state index contributed by atoms with van der Waals surface area (Å²) in [4.78, 5) is 11.7. The van der Waals surface area contributed by atoms with Crippen molar-refractivity contribution in [3.05, 3.63) is 22.2 Å². The van der Waals surface area contributed by atoms with Gasteiger partial charge in [0.1, 0.15) is 18.4 Å². The minimum atomic E-state index is -2.05. The molecule has 0 radical (unpaired) electrons. The highest BCUT2D eigenvalue weighted by Gasteiger charge is 2.45. The van der Waals surface area contributed by atoms with Crippen LogP contribution in [0, 0.1) is 12.8 Å². The molecular weight excluding hydrogens is 438 g/mol. The monoisotopic (exact) mass is 479 g/mol. The zero-order valence-corrected chi connectivity index (χ0v) is 22.5. The van der Waals surface area contributed by atoms with Gasteiger partial charge in [0.15, 0.2) is 8.32 Å². The third kappa shape index (κ3) is 7.30. The molecule has 33 heavy (non-hydrogen) atoms. The number of hydrogen-bond acceptors (Lipinski definition) is 7. The molecule has 0 saturated carbocycles. The van der Waals surface area contributed by atoms with Crippen LogP contribution in [0.15, 0.2) is 11.3 Å². The van der Waals surface area contributed by atoms with E-state index in [0.717, 1.165) is 24.8 Å². The molecule has 0 bridgehead atoms. The Kier molecular flexibility index (Phi) is 9.96. The van der Waals surface area contributed by atoms with Crippen LogP contribution in [0.2, 0.25) is 18.1 Å². The number of ether oxygens (including phenoxy) is 3. The fourth-order valence-corrected chi connectivity index (χ4v) is 5.88. The lowest BCUT2D eigenvalue weighted by Gasteiger charge is -2.43. The Morgan fingerprint density at radius 1 is 1.33 bits per heavy atom. The van der Waals surface area contributed by atoms with E-state index in [1.54, 1.807) is 6.20 Å². The second-order valence-electron chi connectivity index (χ2n) is 10.1. The third-order valence-electron chi connectivity index (χ3n) is 7.11. The van der Waals surface area contributed by atoms with Crippen molar-refractivity contribution in [3.63, 3.8) is 0 Å². The first-order valence-corrected chi connectivity index (χ1v) is 14.9. The SMILES string of the molecule is CCCCCOc1nc(O[C@@H]2C[C@@H](N=[N+]=[N-])O[C@@H]2CO[Si](C)(C)C(C)(C)C(C)C)ncc1C. The van der Waals surface area contributed by atoms with Gasteiger partial charge in [-0.1, -0.05) is 52.6 Å². The Labute approximate surface area is 199 Å². The zero-order valence-electron chi connectivity index (χ0n) is 21.5. The Morgan fingerprint density at radius 3 is 2.70 bits per heavy atom. The molecule has 2 heterocycles. The maximum atomic E-state index is 8.88. The van der Waals surface area contributed by atoms with Crippen molar-refractivity contribution in [2.45, 2.75) is 104 Å². The Hall–Kier alpha value is -1.87. The van der Waals surface area contributed by atoms with Crippen LogP contribution in [0.25, 0.3) is 10.4 Å². The van der Waals surface area contributed by atoms with Gasteiger partial charge >= 0.3 is 6.01 Å². The summed E-state index contributed by atoms with van der Waals surface area (Å²) in [6.07, 6.45) is 3.97. The van der Waals surface area contributed by atoms with E-state index in [4.69, 9.17) is 24.2 Å². The summed E-state index contributed by atoms with van der Waals surface area (Å²) in [5.41, 5.74) is 9.73. The van der Waals surface area contributed by atoms with E-state index >= 15 is 0 Å². The standard InChI is InChI=1S/C23H41N5O4Si/c1-9-10-11-12-29-21-17(4)14-25-22(26-21)32-18-13-20(27-28-24)31-19(18)15-30-33(7,8)23(5,6)16(2)3/h14,16,18-20H,9-13,15H2,1-8H3/t18-,19-,20+/m1/s1. The first-order chi connectivity index (χ1) is 15.5. The van der Waals surface area contributed by atoms with Crippen LogP contribution in [-0.4, -0.2) is 49.9 Å². The smallest absolute Gasteiger partial charge is 0.320 e. The Bertz CT molecular complexity index is 814. The van der Waals surface area contributed by atoms with Gasteiger partial charge in [-0.2, -0.15) is 4.98 Å². The molecule has 2 rings (SSSR count). The zero-order chi connectivity index (χ0) is 24.6. The van der Waals surface area contributed by atoms with Crippen LogP contribution in [0.3, 0.4) is 0 Å². The first-order valence-electron chi connectivity index (χ1n) is 12.0. The van der Waals surface area contributed by atoms with Crippen molar-refractivity contribution < 1.29 is 18.6 Å². The molecule has 1 aromatic heterocycles. The number of unbranched alkanes of at least 4 members (excludes halogenated alkanes) is 2. The van der Waals surface area contributed by atoms with Crippen molar-refractivity contribution in [1.29, 1.82) is 0 Å². The van der Waals surface area contributed by atoms with Crippen LogP contribution in [0.4, 0.5) is 0 Å². The van der Waals surface area contributed by atoms with Crippen molar-refractivity contribution in [2.24, 2.45) is 11.0 Å². The summed E-state index contributed by atoms with van der Waals surface area (Å²) in [5, 5.41) is 3.82. The van der Waals surface area contributed by atoms with Gasteiger partial charge in [0.2, 0.25) is 5.88 Å². The second-order valence-corrected chi connectivity index (χ2v) is 14.7. The molecule has 1 aromatic rings. The number of aromatic nitrogens is 2. The lowest BCUT2D eigenvalue weighted by atomic mass is 9.99. The van der Waals surface area contributed by atoms with E-state index in [1.807, 2.05) is 6.92 Å². The van der Waals surface area contributed by atoms with Gasteiger partial charge < -0.3 is 18.6 Å². The van der Waals surface area contributed by atoms with E-state index in [0.29, 0.717) is 31.4 Å². The van der Waals surface area contributed by atoms with Gasteiger partial charge in [-0.3, -0.25) is 0 Å². The quantitative estimate of drug-likeness (QED) is 0.110. The highest BCUT2D eigenvalue weighted by molar-refractivity contribution is 6.74. The van der Waals surface area contributed by atoms with Crippen LogP contribution in [-0.2, 0) is 9.16 Å². The third-order valence-corrected chi connectivity index (χ3v) is 11.7. The molecule has 1 saturated heterocycles. The fraction of sp³-hybridized carbons (Fsp3) is 0.826. The van der Waals surface area contributed by atoms with E-state index in [1.165, 1.54) is 0 Å². The van der Waals surface area contributed by atoms with Gasteiger partial charge in [0, 0.05) is 23.1 Å². The molecule has 0 spiro atoms. The lowest BCUT2D eigenvalue weighted by molar-refractivity contribution is -0.0131. The van der Waals surface area contributed by atoms with Gasteiger partial charge in [0.05, 0.1) is 13.2 Å². The molecule has 0 N–H and O–H groups in total. The first kappa shape index (κ1) is 27.4. The molecule has 1 aliphatic heterocycles. The van der Waals surface area contributed by atoms with Crippen LogP contribution in [0.1, 0.15) is 65.9 Å². The topological polar surface area (TPSA) is 111 Å². The van der Waals surface area contributed by atoms with Gasteiger partial charge in [-0.15, -0.1) is 0 Å². The average Bonchev–Trinajstić information content (AvgIpc) is 3.13. The maximum Gasteiger partial charge on any atom is 0.320 e. The molecule has 1 fully saturated rings. The molecule has 10 heteroatoms. The highest BCUT2D eigenvalue weighted by Crippen LogP contribution is 2.45. The highest BCUT2D eigenvalue weighted by atomic mass is 28.4. The van der Waals surface area contributed by atoms with Crippen molar-refractivity contribution in [2.75, 3.05) is 13.2 Å². The minimum Gasteiger partial charge on any atom is -0.477 e. The summed E-state index contributed by atoms with van der Waals surface area (Å²) in [6.45, 7) is 18.5. The molecular formula is C23H41N5O4Si. The lowest BCUT2D eigenvalue weighted by Crippen LogP contribution is -2.47. The molecule has 3 atom stereocenters. The summed E-state index contributed by atoms with van der Waals surface area (Å²) in [6, 6.07) is 0.227. The Balaban J connectivity index is 2.10. The number of aryl methyl sites for hydroxylation is 1. The maximum absolute atomic E-state index is 8.88. The van der Waals surface area contributed by atoms with Gasteiger partial charge in [-0.05, 0) is 42.9 Å².